The first kappa shape index (κ1) is 22.3. The zero-order chi connectivity index (χ0) is 23.4. The van der Waals surface area contributed by atoms with Crippen LogP contribution in [0, 0.1) is 12.7 Å². The largest absolute Gasteiger partial charge is 0.378 e. The second-order valence-corrected chi connectivity index (χ2v) is 7.62. The van der Waals surface area contributed by atoms with Gasteiger partial charge in [-0.2, -0.15) is 5.10 Å². The molecule has 1 aliphatic heterocycles. The molecule has 2 aromatic carbocycles. The summed E-state index contributed by atoms with van der Waals surface area (Å²) in [7, 11) is 0. The van der Waals surface area contributed by atoms with Gasteiger partial charge >= 0.3 is 0 Å². The molecule has 170 valence electrons. The number of ether oxygens (including phenoxy) is 1. The molecule has 4 rings (SSSR count). The minimum atomic E-state index is -1.01. The smallest absolute Gasteiger partial charge is 0.276 e. The second-order valence-electron chi connectivity index (χ2n) is 7.62. The van der Waals surface area contributed by atoms with E-state index in [2.05, 4.69) is 10.4 Å². The lowest BCUT2D eigenvalue weighted by atomic mass is 10.0. The number of nitrogens with one attached hydrogen (secondary N) is 1. The molecule has 1 aromatic heterocycles. The van der Waals surface area contributed by atoms with E-state index in [0.29, 0.717) is 37.6 Å². The standard InChI is InChI=1S/C24H23FN4O4/c1-16-15-20(30)22(27-29(16)19-10-6-5-9-18(19)25)23(31)26-21(17-7-3-2-4-8-17)24(32)28-11-13-33-14-12-28/h2-10,15,21H,11-14H2,1H3,(H,26,31). The van der Waals surface area contributed by atoms with Crippen LogP contribution in [0.5, 0.6) is 0 Å². The molecule has 1 atom stereocenters. The summed E-state index contributed by atoms with van der Waals surface area (Å²) in [5, 5.41) is 6.79. The molecule has 8 nitrogen and oxygen atoms in total. The van der Waals surface area contributed by atoms with Gasteiger partial charge in [-0.1, -0.05) is 42.5 Å². The van der Waals surface area contributed by atoms with Gasteiger partial charge in [0.2, 0.25) is 11.3 Å². The number of morpholine rings is 1. The number of nitrogens with zero attached hydrogens (tertiary/aromatic N) is 3. The molecule has 2 heterocycles. The van der Waals surface area contributed by atoms with E-state index in [1.165, 1.54) is 28.9 Å². The van der Waals surface area contributed by atoms with E-state index >= 15 is 0 Å². The highest BCUT2D eigenvalue weighted by atomic mass is 19.1. The first-order valence-electron chi connectivity index (χ1n) is 10.5. The molecule has 0 bridgehead atoms. The molecule has 1 N–H and O–H groups in total. The van der Waals surface area contributed by atoms with Gasteiger partial charge in [-0.25, -0.2) is 9.07 Å². The van der Waals surface area contributed by atoms with Gasteiger partial charge in [0.05, 0.1) is 13.2 Å². The Morgan fingerprint density at radius 2 is 1.73 bits per heavy atom. The first-order chi connectivity index (χ1) is 16.0. The molecule has 9 heteroatoms. The minimum absolute atomic E-state index is 0.105. The number of aryl methyl sites for hydroxylation is 1. The Morgan fingerprint density at radius 1 is 1.06 bits per heavy atom. The van der Waals surface area contributed by atoms with Crippen molar-refractivity contribution in [2.24, 2.45) is 0 Å². The molecule has 2 amide bonds. The lowest BCUT2D eigenvalue weighted by Crippen LogP contribution is -2.48. The monoisotopic (exact) mass is 450 g/mol. The summed E-state index contributed by atoms with van der Waals surface area (Å²) >= 11 is 0. The summed E-state index contributed by atoms with van der Waals surface area (Å²) in [6, 6.07) is 14.9. The fraction of sp³-hybridized carbons (Fsp3) is 0.250. The molecule has 0 aliphatic carbocycles. The third-order valence-electron chi connectivity index (χ3n) is 5.38. The first-order valence-corrected chi connectivity index (χ1v) is 10.5. The topological polar surface area (TPSA) is 93.5 Å². The number of halogens is 1. The quantitative estimate of drug-likeness (QED) is 0.642. The number of aromatic nitrogens is 2. The van der Waals surface area contributed by atoms with E-state index in [-0.39, 0.29) is 11.6 Å². The Labute approximate surface area is 189 Å². The third kappa shape index (κ3) is 4.83. The Bertz CT molecular complexity index is 1220. The van der Waals surface area contributed by atoms with Crippen LogP contribution in [-0.2, 0) is 9.53 Å². The van der Waals surface area contributed by atoms with E-state index < -0.39 is 28.9 Å². The summed E-state index contributed by atoms with van der Waals surface area (Å²) < 4.78 is 20.8. The number of hydrogen-bond donors (Lipinski definition) is 1. The Balaban J connectivity index is 1.68. The molecule has 1 unspecified atom stereocenters. The van der Waals surface area contributed by atoms with Crippen molar-refractivity contribution in [2.45, 2.75) is 13.0 Å². The molecular weight excluding hydrogens is 427 g/mol. The molecule has 0 saturated carbocycles. The summed E-state index contributed by atoms with van der Waals surface area (Å²) in [6.45, 7) is 3.22. The molecule has 1 aliphatic rings. The maximum Gasteiger partial charge on any atom is 0.276 e. The van der Waals surface area contributed by atoms with E-state index in [1.54, 1.807) is 48.2 Å². The van der Waals surface area contributed by atoms with E-state index in [4.69, 9.17) is 4.74 Å². The second kappa shape index (κ2) is 9.74. The minimum Gasteiger partial charge on any atom is -0.378 e. The van der Waals surface area contributed by atoms with Crippen molar-refractivity contribution in [3.05, 3.63) is 93.7 Å². The molecule has 33 heavy (non-hydrogen) atoms. The summed E-state index contributed by atoms with van der Waals surface area (Å²) in [6.07, 6.45) is 0. The van der Waals surface area contributed by atoms with Crippen molar-refractivity contribution in [3.63, 3.8) is 0 Å². The number of rotatable bonds is 5. The molecule has 3 aromatic rings. The Hall–Kier alpha value is -3.85. The van der Waals surface area contributed by atoms with Gasteiger partial charge in [0.15, 0.2) is 5.69 Å². The average molecular weight is 450 g/mol. The molecule has 0 radical (unpaired) electrons. The number of amides is 2. The van der Waals surface area contributed by atoms with Gasteiger partial charge in [0.25, 0.3) is 5.91 Å². The van der Waals surface area contributed by atoms with Crippen LogP contribution in [0.25, 0.3) is 5.69 Å². The van der Waals surface area contributed by atoms with Crippen LogP contribution in [0.2, 0.25) is 0 Å². The number of hydrogen-bond acceptors (Lipinski definition) is 5. The van der Waals surface area contributed by atoms with Gasteiger partial charge in [-0.15, -0.1) is 0 Å². The van der Waals surface area contributed by atoms with Crippen molar-refractivity contribution in [2.75, 3.05) is 26.3 Å². The number of benzene rings is 2. The van der Waals surface area contributed by atoms with Crippen molar-refractivity contribution >= 4 is 11.8 Å². The van der Waals surface area contributed by atoms with E-state index in [1.807, 2.05) is 0 Å². The lowest BCUT2D eigenvalue weighted by Gasteiger charge is -2.30. The van der Waals surface area contributed by atoms with Crippen molar-refractivity contribution in [1.82, 2.24) is 20.0 Å². The lowest BCUT2D eigenvalue weighted by molar-refractivity contribution is -0.137. The van der Waals surface area contributed by atoms with Crippen LogP contribution in [0.3, 0.4) is 0 Å². The summed E-state index contributed by atoms with van der Waals surface area (Å²) in [5.74, 6) is -1.67. The molecular formula is C24H23FN4O4. The highest BCUT2D eigenvalue weighted by molar-refractivity contribution is 5.96. The van der Waals surface area contributed by atoms with Gasteiger partial charge in [-0.05, 0) is 24.6 Å². The normalized spacial score (nSPS) is 14.5. The fourth-order valence-electron chi connectivity index (χ4n) is 3.67. The zero-order valence-electron chi connectivity index (χ0n) is 18.0. The van der Waals surface area contributed by atoms with Gasteiger partial charge in [0.1, 0.15) is 17.5 Å². The predicted molar refractivity (Wildman–Crippen MR) is 119 cm³/mol. The number of para-hydroxylation sites is 1. The average Bonchev–Trinajstić information content (AvgIpc) is 2.84. The van der Waals surface area contributed by atoms with Gasteiger partial charge < -0.3 is 15.0 Å². The SMILES string of the molecule is Cc1cc(=O)c(C(=O)NC(C(=O)N2CCOCC2)c2ccccc2)nn1-c1ccccc1F. The zero-order valence-corrected chi connectivity index (χ0v) is 18.0. The predicted octanol–water partition coefficient (Wildman–Crippen LogP) is 2.01. The third-order valence-corrected chi connectivity index (χ3v) is 5.38. The highest BCUT2D eigenvalue weighted by Gasteiger charge is 2.30. The van der Waals surface area contributed by atoms with E-state index in [0.717, 1.165) is 0 Å². The van der Waals surface area contributed by atoms with Crippen LogP contribution in [0.15, 0.2) is 65.5 Å². The Kier molecular flexibility index (Phi) is 6.60. The van der Waals surface area contributed by atoms with Gasteiger partial charge in [-0.3, -0.25) is 14.4 Å². The van der Waals surface area contributed by atoms with Crippen molar-refractivity contribution in [3.8, 4) is 5.69 Å². The van der Waals surface area contributed by atoms with E-state index in [9.17, 15) is 18.8 Å². The van der Waals surface area contributed by atoms with Gasteiger partial charge in [0, 0.05) is 24.8 Å². The van der Waals surface area contributed by atoms with Crippen molar-refractivity contribution < 1.29 is 18.7 Å². The molecule has 1 saturated heterocycles. The van der Waals surface area contributed by atoms with Crippen molar-refractivity contribution in [1.29, 1.82) is 0 Å². The molecule has 0 spiro atoms. The fourth-order valence-corrected chi connectivity index (χ4v) is 3.67. The Morgan fingerprint density at radius 3 is 2.42 bits per heavy atom. The highest BCUT2D eigenvalue weighted by Crippen LogP contribution is 2.18. The van der Waals surface area contributed by atoms with Crippen LogP contribution in [0.4, 0.5) is 4.39 Å². The maximum absolute atomic E-state index is 14.3. The van der Waals surface area contributed by atoms with Crippen LogP contribution in [0.1, 0.15) is 27.8 Å². The summed E-state index contributed by atoms with van der Waals surface area (Å²) in [5.41, 5.74) is -0.00891. The number of carbonyl (C=O) groups excluding carboxylic acids is 2. The summed E-state index contributed by atoms with van der Waals surface area (Å²) in [4.78, 5) is 40.6. The number of carbonyl (C=O) groups is 2. The van der Waals surface area contributed by atoms with Crippen LogP contribution < -0.4 is 10.7 Å². The maximum atomic E-state index is 14.3. The molecule has 1 fully saturated rings. The van der Waals surface area contributed by atoms with Crippen LogP contribution in [-0.4, -0.2) is 52.8 Å². The van der Waals surface area contributed by atoms with Crippen LogP contribution >= 0.6 is 0 Å².